The Morgan fingerprint density at radius 1 is 1.41 bits per heavy atom. The Balaban J connectivity index is 2.06. The Morgan fingerprint density at radius 3 is 2.73 bits per heavy atom. The number of hydrogen-bond acceptors (Lipinski definition) is 4. The Hall–Kier alpha value is -1.47. The van der Waals surface area contributed by atoms with Gasteiger partial charge in [-0.2, -0.15) is 0 Å². The van der Waals surface area contributed by atoms with Crippen molar-refractivity contribution in [3.63, 3.8) is 0 Å². The van der Waals surface area contributed by atoms with E-state index in [1.807, 2.05) is 6.92 Å². The second kappa shape index (κ2) is 7.69. The van der Waals surface area contributed by atoms with Gasteiger partial charge in [0.25, 0.3) is 12.2 Å². The number of halogens is 2. The second-order valence-corrected chi connectivity index (χ2v) is 5.75. The van der Waals surface area contributed by atoms with E-state index >= 15 is 0 Å². The van der Waals surface area contributed by atoms with Gasteiger partial charge in [-0.3, -0.25) is 4.79 Å². The number of benzene rings is 1. The minimum Gasteiger partial charge on any atom is -0.422 e. The van der Waals surface area contributed by atoms with E-state index in [-0.39, 0.29) is 6.54 Å². The van der Waals surface area contributed by atoms with Gasteiger partial charge in [-0.25, -0.2) is 9.18 Å². The predicted molar refractivity (Wildman–Crippen MR) is 81.0 cm³/mol. The van der Waals surface area contributed by atoms with Crippen molar-refractivity contribution in [1.82, 2.24) is 4.90 Å². The fourth-order valence-electron chi connectivity index (χ4n) is 2.02. The summed E-state index contributed by atoms with van der Waals surface area (Å²) in [6, 6.07) is 8.24. The molecule has 5 nitrogen and oxygen atoms in total. The zero-order chi connectivity index (χ0) is 16.1. The molecule has 3 atom stereocenters. The van der Waals surface area contributed by atoms with E-state index in [1.165, 1.54) is 0 Å². The summed E-state index contributed by atoms with van der Waals surface area (Å²) in [5.41, 5.74) is 0.299. The molecule has 0 saturated carbocycles. The highest BCUT2D eigenvalue weighted by molar-refractivity contribution is 9.09. The predicted octanol–water partition coefficient (Wildman–Crippen LogP) is 2.85. The quantitative estimate of drug-likeness (QED) is 0.452. The molecule has 0 aromatic heterocycles. The highest BCUT2D eigenvalue weighted by atomic mass is 79.9. The number of alkyl halides is 2. The van der Waals surface area contributed by atoms with Crippen molar-refractivity contribution in [3.8, 4) is 0 Å². The van der Waals surface area contributed by atoms with Gasteiger partial charge in [0, 0.05) is 6.54 Å². The van der Waals surface area contributed by atoms with Gasteiger partial charge in [-0.15, -0.1) is 0 Å². The molecule has 120 valence electrons. The zero-order valence-corrected chi connectivity index (χ0v) is 13.7. The SMILES string of the molecule is CCCCN1C(=O)C(OC(=O)c2ccccc2)OC(Br)C1F. The van der Waals surface area contributed by atoms with E-state index in [2.05, 4.69) is 15.9 Å². The van der Waals surface area contributed by atoms with Crippen molar-refractivity contribution >= 4 is 27.8 Å². The minimum atomic E-state index is -1.61. The summed E-state index contributed by atoms with van der Waals surface area (Å²) in [5.74, 6) is -1.37. The third-order valence-corrected chi connectivity index (χ3v) is 3.88. The van der Waals surface area contributed by atoms with Crippen molar-refractivity contribution in [2.75, 3.05) is 6.54 Å². The summed E-state index contributed by atoms with van der Waals surface area (Å²) in [6.07, 6.45) is -1.57. The van der Waals surface area contributed by atoms with Crippen molar-refractivity contribution in [2.24, 2.45) is 0 Å². The largest absolute Gasteiger partial charge is 0.422 e. The van der Waals surface area contributed by atoms with E-state index in [0.29, 0.717) is 12.0 Å². The first-order valence-electron chi connectivity index (χ1n) is 7.04. The smallest absolute Gasteiger partial charge is 0.340 e. The van der Waals surface area contributed by atoms with Crippen molar-refractivity contribution in [2.45, 2.75) is 37.4 Å². The van der Waals surface area contributed by atoms with E-state index in [1.54, 1.807) is 30.3 Å². The molecule has 1 saturated heterocycles. The molecule has 3 unspecified atom stereocenters. The number of rotatable bonds is 5. The number of nitrogens with zero attached hydrogens (tertiary/aromatic N) is 1. The van der Waals surface area contributed by atoms with Crippen molar-refractivity contribution in [1.29, 1.82) is 0 Å². The van der Waals surface area contributed by atoms with E-state index in [0.717, 1.165) is 11.3 Å². The number of ether oxygens (including phenoxy) is 2. The third-order valence-electron chi connectivity index (χ3n) is 3.23. The van der Waals surface area contributed by atoms with Gasteiger partial charge < -0.3 is 14.4 Å². The number of unbranched alkanes of at least 4 members (excludes halogenated alkanes) is 1. The zero-order valence-electron chi connectivity index (χ0n) is 12.1. The summed E-state index contributed by atoms with van der Waals surface area (Å²) in [4.78, 5) is 25.2. The molecule has 22 heavy (non-hydrogen) atoms. The summed E-state index contributed by atoms with van der Waals surface area (Å²) in [6.45, 7) is 2.19. The van der Waals surface area contributed by atoms with Crippen molar-refractivity contribution < 1.29 is 23.5 Å². The molecule has 1 fully saturated rings. The molecule has 1 heterocycles. The van der Waals surface area contributed by atoms with Crippen LogP contribution in [0.2, 0.25) is 0 Å². The van der Waals surface area contributed by atoms with Crippen LogP contribution in [0.3, 0.4) is 0 Å². The van der Waals surface area contributed by atoms with E-state index in [9.17, 15) is 14.0 Å². The number of carbonyl (C=O) groups excluding carboxylic acids is 2. The van der Waals surface area contributed by atoms with Gasteiger partial charge in [-0.05, 0) is 18.6 Å². The van der Waals surface area contributed by atoms with E-state index in [4.69, 9.17) is 9.47 Å². The summed E-state index contributed by atoms with van der Waals surface area (Å²) in [7, 11) is 0. The number of amides is 1. The Labute approximate surface area is 136 Å². The summed E-state index contributed by atoms with van der Waals surface area (Å²) < 4.78 is 24.2. The van der Waals surface area contributed by atoms with Crippen LogP contribution in [0, 0.1) is 0 Å². The van der Waals surface area contributed by atoms with Crippen LogP contribution in [0.15, 0.2) is 30.3 Å². The molecule has 1 aliphatic rings. The lowest BCUT2D eigenvalue weighted by molar-refractivity contribution is -0.209. The van der Waals surface area contributed by atoms with E-state index < -0.39 is 29.5 Å². The molecule has 1 aliphatic heterocycles. The first kappa shape index (κ1) is 16.9. The molecule has 0 radical (unpaired) electrons. The van der Waals surface area contributed by atoms with Crippen LogP contribution in [0.25, 0.3) is 0 Å². The molecule has 7 heteroatoms. The molecule has 1 aromatic carbocycles. The lowest BCUT2D eigenvalue weighted by Crippen LogP contribution is -2.56. The van der Waals surface area contributed by atoms with Gasteiger partial charge in [0.15, 0.2) is 5.01 Å². The molecular weight excluding hydrogens is 357 g/mol. The van der Waals surface area contributed by atoms with Crippen LogP contribution >= 0.6 is 15.9 Å². The molecule has 1 amide bonds. The molecule has 1 aromatic rings. The minimum absolute atomic E-state index is 0.251. The molecule has 0 spiro atoms. The van der Waals surface area contributed by atoms with Crippen LogP contribution in [-0.4, -0.2) is 40.9 Å². The maximum atomic E-state index is 14.0. The third kappa shape index (κ3) is 3.84. The number of hydrogen-bond donors (Lipinski definition) is 0. The first-order chi connectivity index (χ1) is 10.5. The van der Waals surface area contributed by atoms with Gasteiger partial charge in [0.2, 0.25) is 6.30 Å². The standard InChI is InChI=1S/C15H17BrFNO4/c1-2-3-9-18-12(17)11(16)21-15(13(18)19)22-14(20)10-7-5-4-6-8-10/h4-8,11-12,15H,2-3,9H2,1H3. The van der Waals surface area contributed by atoms with Crippen LogP contribution in [0.5, 0.6) is 0 Å². The fraction of sp³-hybridized carbons (Fsp3) is 0.467. The second-order valence-electron chi connectivity index (χ2n) is 4.85. The molecule has 0 aliphatic carbocycles. The van der Waals surface area contributed by atoms with Crippen LogP contribution in [0.1, 0.15) is 30.1 Å². The number of carbonyl (C=O) groups is 2. The first-order valence-corrected chi connectivity index (χ1v) is 7.96. The van der Waals surface area contributed by atoms with Gasteiger partial charge in [0.1, 0.15) is 0 Å². The van der Waals surface area contributed by atoms with Gasteiger partial charge in [-0.1, -0.05) is 47.5 Å². The van der Waals surface area contributed by atoms with Crippen LogP contribution < -0.4 is 0 Å². The topological polar surface area (TPSA) is 55.8 Å². The molecular formula is C15H17BrFNO4. The fourth-order valence-corrected chi connectivity index (χ4v) is 2.50. The lowest BCUT2D eigenvalue weighted by Gasteiger charge is -2.37. The summed E-state index contributed by atoms with van der Waals surface area (Å²) >= 11 is 3.02. The normalized spacial score (nSPS) is 25.1. The lowest BCUT2D eigenvalue weighted by atomic mass is 10.2. The maximum Gasteiger partial charge on any atom is 0.340 e. The maximum absolute atomic E-state index is 14.0. The van der Waals surface area contributed by atoms with Gasteiger partial charge >= 0.3 is 5.97 Å². The Kier molecular flexibility index (Phi) is 5.90. The highest BCUT2D eigenvalue weighted by Gasteiger charge is 2.43. The van der Waals surface area contributed by atoms with Crippen LogP contribution in [-0.2, 0) is 14.3 Å². The van der Waals surface area contributed by atoms with Crippen molar-refractivity contribution in [3.05, 3.63) is 35.9 Å². The monoisotopic (exact) mass is 373 g/mol. The van der Waals surface area contributed by atoms with Gasteiger partial charge in [0.05, 0.1) is 5.56 Å². The molecule has 2 rings (SSSR count). The summed E-state index contributed by atoms with van der Waals surface area (Å²) in [5, 5.41) is -1.03. The van der Waals surface area contributed by atoms with Crippen LogP contribution in [0.4, 0.5) is 4.39 Å². The number of esters is 1. The highest BCUT2D eigenvalue weighted by Crippen LogP contribution is 2.26. The Morgan fingerprint density at radius 2 is 2.09 bits per heavy atom. The average molecular weight is 374 g/mol. The Bertz CT molecular complexity index is 528. The molecule has 0 N–H and O–H groups in total. The number of morpholine rings is 1. The average Bonchev–Trinajstić information content (AvgIpc) is 2.53. The molecule has 0 bridgehead atoms.